The van der Waals surface area contributed by atoms with Crippen molar-refractivity contribution in [3.05, 3.63) is 47.7 Å². The topological polar surface area (TPSA) is 75.0 Å². The Morgan fingerprint density at radius 3 is 2.42 bits per heavy atom. The average molecular weight is 371 g/mol. The molecule has 2 aromatic rings. The lowest BCUT2D eigenvalue weighted by Gasteiger charge is -2.28. The Kier molecular flexibility index (Phi) is 4.77. The Morgan fingerprint density at radius 1 is 1.15 bits per heavy atom. The van der Waals surface area contributed by atoms with Gasteiger partial charge in [-0.1, -0.05) is 0 Å². The third kappa shape index (κ3) is 3.31. The quantitative estimate of drug-likeness (QED) is 0.504. The van der Waals surface area contributed by atoms with Crippen LogP contribution in [0.2, 0.25) is 0 Å². The monoisotopic (exact) mass is 371 g/mol. The molecule has 1 aromatic carbocycles. The fraction of sp³-hybridized carbons (Fsp3) is 0.167. The van der Waals surface area contributed by atoms with Crippen LogP contribution in [0.15, 0.2) is 46.4 Å². The minimum Gasteiger partial charge on any atom is -0.497 e. The lowest BCUT2D eigenvalue weighted by molar-refractivity contribution is -0.122. The van der Waals surface area contributed by atoms with Gasteiger partial charge in [-0.25, -0.2) is 0 Å². The molecular formula is C18H17N3O4S. The highest BCUT2D eigenvalue weighted by Crippen LogP contribution is 2.25. The molecular weight excluding hydrogens is 354 g/mol. The van der Waals surface area contributed by atoms with Crippen LogP contribution in [-0.4, -0.2) is 38.1 Å². The lowest BCUT2D eigenvalue weighted by atomic mass is 10.1. The number of anilines is 2. The van der Waals surface area contributed by atoms with Crippen molar-refractivity contribution >= 4 is 46.8 Å². The van der Waals surface area contributed by atoms with E-state index in [0.717, 1.165) is 0 Å². The molecule has 1 saturated heterocycles. The third-order valence-electron chi connectivity index (χ3n) is 3.77. The summed E-state index contributed by atoms with van der Waals surface area (Å²) in [6, 6.07) is 10.2. The number of amides is 2. The van der Waals surface area contributed by atoms with E-state index in [0.29, 0.717) is 23.1 Å². The summed E-state index contributed by atoms with van der Waals surface area (Å²) >= 11 is 5.16. The molecule has 1 aromatic heterocycles. The second kappa shape index (κ2) is 7.01. The number of rotatable bonds is 4. The number of hydrogen-bond acceptors (Lipinski definition) is 6. The van der Waals surface area contributed by atoms with E-state index in [2.05, 4.69) is 5.32 Å². The fourth-order valence-electron chi connectivity index (χ4n) is 2.43. The van der Waals surface area contributed by atoms with Crippen molar-refractivity contribution in [3.63, 3.8) is 0 Å². The zero-order valence-corrected chi connectivity index (χ0v) is 15.3. The summed E-state index contributed by atoms with van der Waals surface area (Å²) in [5.74, 6) is 0.577. The van der Waals surface area contributed by atoms with E-state index >= 15 is 0 Å². The van der Waals surface area contributed by atoms with E-state index in [9.17, 15) is 9.59 Å². The van der Waals surface area contributed by atoms with Crippen molar-refractivity contribution in [2.75, 3.05) is 31.0 Å². The molecule has 0 atom stereocenters. The Hall–Kier alpha value is -3.13. The molecule has 1 fully saturated rings. The summed E-state index contributed by atoms with van der Waals surface area (Å²) in [6.07, 6.45) is 1.41. The Morgan fingerprint density at radius 2 is 1.85 bits per heavy atom. The minimum absolute atomic E-state index is 0.0238. The van der Waals surface area contributed by atoms with Gasteiger partial charge >= 0.3 is 0 Å². The number of nitrogens with zero attached hydrogens (tertiary/aromatic N) is 2. The molecule has 1 N–H and O–H groups in total. The molecule has 0 spiro atoms. The highest BCUT2D eigenvalue weighted by molar-refractivity contribution is 7.80. The molecule has 134 valence electrons. The van der Waals surface area contributed by atoms with Gasteiger partial charge in [-0.2, -0.15) is 0 Å². The van der Waals surface area contributed by atoms with Crippen LogP contribution in [0, 0.1) is 0 Å². The van der Waals surface area contributed by atoms with Gasteiger partial charge in [0.25, 0.3) is 11.8 Å². The van der Waals surface area contributed by atoms with E-state index in [1.54, 1.807) is 48.4 Å². The number of carbonyl (C=O) groups is 2. The standard InChI is InChI=1S/C18H17N3O4S/c1-20(2)15-9-8-13(25-15)10-14-16(22)19-18(26)21(17(14)23)11-4-6-12(24-3)7-5-11/h4-10H,1-3H3,(H,19,22,26). The first-order valence-corrected chi connectivity index (χ1v) is 8.14. The highest BCUT2D eigenvalue weighted by Gasteiger charge is 2.34. The molecule has 1 aliphatic rings. The second-order valence-electron chi connectivity index (χ2n) is 5.73. The number of ether oxygens (including phenoxy) is 1. The molecule has 2 amide bonds. The molecule has 0 unspecified atom stereocenters. The first-order chi connectivity index (χ1) is 12.4. The Labute approximate surface area is 155 Å². The third-order valence-corrected chi connectivity index (χ3v) is 4.06. The van der Waals surface area contributed by atoms with Crippen molar-refractivity contribution in [1.82, 2.24) is 5.32 Å². The van der Waals surface area contributed by atoms with Crippen molar-refractivity contribution < 1.29 is 18.7 Å². The van der Waals surface area contributed by atoms with Crippen LogP contribution in [0.4, 0.5) is 11.6 Å². The van der Waals surface area contributed by atoms with Crippen LogP contribution in [0.1, 0.15) is 5.76 Å². The second-order valence-corrected chi connectivity index (χ2v) is 6.11. The summed E-state index contributed by atoms with van der Waals surface area (Å²) in [5, 5.41) is 2.56. The molecule has 0 aliphatic carbocycles. The van der Waals surface area contributed by atoms with E-state index < -0.39 is 11.8 Å². The summed E-state index contributed by atoms with van der Waals surface area (Å²) in [4.78, 5) is 28.2. The van der Waals surface area contributed by atoms with Gasteiger partial charge < -0.3 is 14.1 Å². The smallest absolute Gasteiger partial charge is 0.270 e. The Bertz CT molecular complexity index is 899. The van der Waals surface area contributed by atoms with Gasteiger partial charge in [0.05, 0.1) is 12.8 Å². The largest absolute Gasteiger partial charge is 0.497 e. The van der Waals surface area contributed by atoms with E-state index in [1.165, 1.54) is 11.0 Å². The predicted octanol–water partition coefficient (Wildman–Crippen LogP) is 2.19. The van der Waals surface area contributed by atoms with Crippen LogP contribution < -0.4 is 19.9 Å². The summed E-state index contributed by atoms with van der Waals surface area (Å²) in [5.41, 5.74) is 0.467. The van der Waals surface area contributed by atoms with Gasteiger partial charge in [0.2, 0.25) is 0 Å². The van der Waals surface area contributed by atoms with Gasteiger partial charge in [0.15, 0.2) is 11.0 Å². The van der Waals surface area contributed by atoms with Gasteiger partial charge in [-0.05, 0) is 48.6 Å². The molecule has 8 heteroatoms. The SMILES string of the molecule is COc1ccc(N2C(=O)C(=Cc3ccc(N(C)C)o3)C(=O)NC2=S)cc1. The van der Waals surface area contributed by atoms with E-state index in [-0.39, 0.29) is 10.7 Å². The van der Waals surface area contributed by atoms with Gasteiger partial charge in [0, 0.05) is 20.2 Å². The van der Waals surface area contributed by atoms with E-state index in [4.69, 9.17) is 21.4 Å². The summed E-state index contributed by atoms with van der Waals surface area (Å²) < 4.78 is 10.7. The van der Waals surface area contributed by atoms with Crippen molar-refractivity contribution in [3.8, 4) is 5.75 Å². The molecule has 0 saturated carbocycles. The van der Waals surface area contributed by atoms with Crippen molar-refractivity contribution in [2.24, 2.45) is 0 Å². The zero-order chi connectivity index (χ0) is 18.8. The Balaban J connectivity index is 1.95. The number of benzene rings is 1. The number of nitrogens with one attached hydrogen (secondary N) is 1. The molecule has 0 radical (unpaired) electrons. The number of methoxy groups -OCH3 is 1. The lowest BCUT2D eigenvalue weighted by Crippen LogP contribution is -2.54. The van der Waals surface area contributed by atoms with Crippen LogP contribution in [0.25, 0.3) is 6.08 Å². The molecule has 3 rings (SSSR count). The molecule has 2 heterocycles. The normalized spacial score (nSPS) is 16.0. The van der Waals surface area contributed by atoms with Crippen LogP contribution in [0.5, 0.6) is 5.75 Å². The van der Waals surface area contributed by atoms with Crippen LogP contribution in [0.3, 0.4) is 0 Å². The van der Waals surface area contributed by atoms with E-state index in [1.807, 2.05) is 14.1 Å². The first kappa shape index (κ1) is 17.7. The predicted molar refractivity (Wildman–Crippen MR) is 102 cm³/mol. The van der Waals surface area contributed by atoms with Gasteiger partial charge in [-0.3, -0.25) is 19.8 Å². The molecule has 1 aliphatic heterocycles. The van der Waals surface area contributed by atoms with Crippen LogP contribution in [-0.2, 0) is 9.59 Å². The maximum Gasteiger partial charge on any atom is 0.270 e. The highest BCUT2D eigenvalue weighted by atomic mass is 32.1. The number of hydrogen-bond donors (Lipinski definition) is 1. The van der Waals surface area contributed by atoms with Crippen molar-refractivity contribution in [1.29, 1.82) is 0 Å². The van der Waals surface area contributed by atoms with Gasteiger partial charge in [-0.15, -0.1) is 0 Å². The maximum absolute atomic E-state index is 12.9. The maximum atomic E-state index is 12.9. The fourth-order valence-corrected chi connectivity index (χ4v) is 2.71. The summed E-state index contributed by atoms with van der Waals surface area (Å²) in [6.45, 7) is 0. The molecule has 7 nitrogen and oxygen atoms in total. The average Bonchev–Trinajstić information content (AvgIpc) is 3.08. The molecule has 26 heavy (non-hydrogen) atoms. The van der Waals surface area contributed by atoms with Crippen LogP contribution >= 0.6 is 12.2 Å². The van der Waals surface area contributed by atoms with Crippen molar-refractivity contribution in [2.45, 2.75) is 0 Å². The van der Waals surface area contributed by atoms with Gasteiger partial charge in [0.1, 0.15) is 17.1 Å². The number of carbonyl (C=O) groups excluding carboxylic acids is 2. The zero-order valence-electron chi connectivity index (χ0n) is 14.5. The first-order valence-electron chi connectivity index (χ1n) is 7.73. The summed E-state index contributed by atoms with van der Waals surface area (Å²) in [7, 11) is 5.22. The minimum atomic E-state index is -0.562. The number of furan rings is 1. The molecule has 0 bridgehead atoms. The number of thiocarbonyl (C=S) groups is 1.